The highest BCUT2D eigenvalue weighted by atomic mass is 16.5. The number of nitrogens with one attached hydrogen (secondary N) is 1. The van der Waals surface area contributed by atoms with Gasteiger partial charge in [0.25, 0.3) is 0 Å². The predicted octanol–water partition coefficient (Wildman–Crippen LogP) is 3.89. The Morgan fingerprint density at radius 3 is 2.00 bits per heavy atom. The molecule has 10 heteroatoms. The maximum atomic E-state index is 12.3. The molecule has 1 aliphatic heterocycles. The van der Waals surface area contributed by atoms with Crippen LogP contribution in [0.2, 0.25) is 0 Å². The molecule has 1 fully saturated rings. The summed E-state index contributed by atoms with van der Waals surface area (Å²) in [6.07, 6.45) is 0.744. The maximum Gasteiger partial charge on any atom is 0.343 e. The van der Waals surface area contributed by atoms with E-state index < -0.39 is 11.6 Å². The van der Waals surface area contributed by atoms with E-state index in [-0.39, 0.29) is 5.91 Å². The number of carbonyl (C=O) groups is 2. The summed E-state index contributed by atoms with van der Waals surface area (Å²) < 4.78 is 17.0. The number of hydrogen-bond acceptors (Lipinski definition) is 7. The minimum Gasteiger partial charge on any atom is -0.497 e. The number of hydroxylamine groups is 2. The topological polar surface area (TPSA) is 117 Å². The summed E-state index contributed by atoms with van der Waals surface area (Å²) >= 11 is 0. The van der Waals surface area contributed by atoms with Crippen molar-refractivity contribution in [1.29, 1.82) is 0 Å². The van der Waals surface area contributed by atoms with Gasteiger partial charge in [0.15, 0.2) is 5.76 Å². The standard InChI is InChI=1S/C26H30N4O6/c1-17(31)28-26(13-15-30(16-14-26)25(32)29(2)33)24-27-22(18-5-9-20(34-3)10-6-18)23(36-24)19-7-11-21(35-4)12-8-19/h5-12,33H,13-16H2,1-4H3,(H,28,31). The van der Waals surface area contributed by atoms with Crippen molar-refractivity contribution in [3.05, 3.63) is 54.4 Å². The molecule has 0 unspecified atom stereocenters. The number of amides is 3. The first-order valence-corrected chi connectivity index (χ1v) is 11.6. The van der Waals surface area contributed by atoms with Crippen LogP contribution in [0.5, 0.6) is 11.5 Å². The lowest BCUT2D eigenvalue weighted by molar-refractivity contribution is -0.122. The van der Waals surface area contributed by atoms with Gasteiger partial charge in [-0.05, 0) is 61.4 Å². The van der Waals surface area contributed by atoms with Gasteiger partial charge >= 0.3 is 6.03 Å². The van der Waals surface area contributed by atoms with Crippen LogP contribution in [0.1, 0.15) is 25.7 Å². The highest BCUT2D eigenvalue weighted by Gasteiger charge is 2.43. The molecule has 0 aliphatic carbocycles. The van der Waals surface area contributed by atoms with Crippen LogP contribution in [0.4, 0.5) is 4.79 Å². The first kappa shape index (κ1) is 25.1. The van der Waals surface area contributed by atoms with E-state index >= 15 is 0 Å². The SMILES string of the molecule is COc1ccc(-c2nc(C3(NC(C)=O)CCN(C(=O)N(C)O)CC3)oc2-c2ccc(OC)cc2)cc1. The summed E-state index contributed by atoms with van der Waals surface area (Å²) in [5.41, 5.74) is 1.33. The van der Waals surface area contributed by atoms with E-state index in [0.29, 0.717) is 59.8 Å². The van der Waals surface area contributed by atoms with Gasteiger partial charge < -0.3 is 24.1 Å². The molecule has 1 aliphatic rings. The zero-order valence-corrected chi connectivity index (χ0v) is 20.8. The number of piperidine rings is 1. The second-order valence-corrected chi connectivity index (χ2v) is 8.71. The van der Waals surface area contributed by atoms with Gasteiger partial charge in [-0.1, -0.05) is 0 Å². The van der Waals surface area contributed by atoms with Gasteiger partial charge in [-0.2, -0.15) is 0 Å². The molecule has 190 valence electrons. The number of rotatable bonds is 6. The number of hydrogen-bond donors (Lipinski definition) is 2. The molecule has 0 spiro atoms. The molecule has 10 nitrogen and oxygen atoms in total. The number of carbonyl (C=O) groups excluding carboxylic acids is 2. The first-order valence-electron chi connectivity index (χ1n) is 11.6. The molecular weight excluding hydrogens is 464 g/mol. The van der Waals surface area contributed by atoms with Crippen LogP contribution < -0.4 is 14.8 Å². The maximum absolute atomic E-state index is 12.3. The lowest BCUT2D eigenvalue weighted by atomic mass is 9.87. The summed E-state index contributed by atoms with van der Waals surface area (Å²) in [7, 11) is 4.50. The number of nitrogens with zero attached hydrogens (tertiary/aromatic N) is 3. The number of likely N-dealkylation sites (tertiary alicyclic amines) is 1. The van der Waals surface area contributed by atoms with Crippen molar-refractivity contribution in [3.8, 4) is 34.1 Å². The first-order chi connectivity index (χ1) is 17.3. The van der Waals surface area contributed by atoms with Gasteiger partial charge in [0.1, 0.15) is 22.7 Å². The minimum atomic E-state index is -0.914. The molecule has 4 rings (SSSR count). The zero-order chi connectivity index (χ0) is 25.9. The molecule has 0 radical (unpaired) electrons. The Balaban J connectivity index is 1.78. The van der Waals surface area contributed by atoms with Crippen molar-refractivity contribution >= 4 is 11.9 Å². The fourth-order valence-corrected chi connectivity index (χ4v) is 4.42. The summed E-state index contributed by atoms with van der Waals surface area (Å²) in [5.74, 6) is 2.11. The Morgan fingerprint density at radius 1 is 1.00 bits per heavy atom. The van der Waals surface area contributed by atoms with E-state index in [1.54, 1.807) is 14.2 Å². The summed E-state index contributed by atoms with van der Waals surface area (Å²) in [4.78, 5) is 30.9. The van der Waals surface area contributed by atoms with E-state index in [4.69, 9.17) is 18.9 Å². The van der Waals surface area contributed by atoms with E-state index in [2.05, 4.69) is 5.32 Å². The van der Waals surface area contributed by atoms with Crippen LogP contribution in [-0.2, 0) is 10.3 Å². The Morgan fingerprint density at radius 2 is 1.53 bits per heavy atom. The molecule has 1 saturated heterocycles. The third-order valence-corrected chi connectivity index (χ3v) is 6.33. The number of benzene rings is 2. The van der Waals surface area contributed by atoms with Crippen molar-refractivity contribution < 1.29 is 28.7 Å². The smallest absolute Gasteiger partial charge is 0.343 e. The van der Waals surface area contributed by atoms with Gasteiger partial charge in [-0.3, -0.25) is 10.0 Å². The van der Waals surface area contributed by atoms with E-state index in [9.17, 15) is 14.8 Å². The number of oxazole rings is 1. The monoisotopic (exact) mass is 494 g/mol. The Hall–Kier alpha value is -4.05. The van der Waals surface area contributed by atoms with Gasteiger partial charge in [0.05, 0.1) is 14.2 Å². The summed E-state index contributed by atoms with van der Waals surface area (Å²) in [6.45, 7) is 2.06. The predicted molar refractivity (Wildman–Crippen MR) is 132 cm³/mol. The Kier molecular flexibility index (Phi) is 7.16. The van der Waals surface area contributed by atoms with Gasteiger partial charge in [0, 0.05) is 38.2 Å². The van der Waals surface area contributed by atoms with Crippen molar-refractivity contribution in [3.63, 3.8) is 0 Å². The fraction of sp³-hybridized carbons (Fsp3) is 0.346. The van der Waals surface area contributed by atoms with Crippen molar-refractivity contribution in [2.75, 3.05) is 34.4 Å². The van der Waals surface area contributed by atoms with Crippen molar-refractivity contribution in [1.82, 2.24) is 20.3 Å². The highest BCUT2D eigenvalue weighted by molar-refractivity contribution is 5.78. The van der Waals surface area contributed by atoms with Crippen LogP contribution in [0.25, 0.3) is 22.6 Å². The van der Waals surface area contributed by atoms with Crippen LogP contribution in [0.3, 0.4) is 0 Å². The molecule has 36 heavy (non-hydrogen) atoms. The molecule has 1 aromatic heterocycles. The van der Waals surface area contributed by atoms with Gasteiger partial charge in [-0.15, -0.1) is 0 Å². The highest BCUT2D eigenvalue weighted by Crippen LogP contribution is 2.40. The molecule has 0 saturated carbocycles. The second-order valence-electron chi connectivity index (χ2n) is 8.71. The Labute approximate surface area is 209 Å². The van der Waals surface area contributed by atoms with Crippen LogP contribution >= 0.6 is 0 Å². The molecule has 0 bridgehead atoms. The molecule has 3 aromatic rings. The van der Waals surface area contributed by atoms with Crippen molar-refractivity contribution in [2.45, 2.75) is 25.3 Å². The lowest BCUT2D eigenvalue weighted by Gasteiger charge is -2.40. The average molecular weight is 495 g/mol. The average Bonchev–Trinajstić information content (AvgIpc) is 3.34. The van der Waals surface area contributed by atoms with Crippen LogP contribution in [-0.4, -0.2) is 66.4 Å². The summed E-state index contributed by atoms with van der Waals surface area (Å²) in [5, 5.41) is 13.1. The number of methoxy groups -OCH3 is 2. The van der Waals surface area contributed by atoms with Crippen LogP contribution in [0.15, 0.2) is 52.9 Å². The fourth-order valence-electron chi connectivity index (χ4n) is 4.42. The molecule has 0 atom stereocenters. The molecule has 3 amide bonds. The third kappa shape index (κ3) is 4.99. The lowest BCUT2D eigenvalue weighted by Crippen LogP contribution is -2.55. The normalized spacial score (nSPS) is 14.8. The minimum absolute atomic E-state index is 0.232. The molecule has 2 aromatic carbocycles. The quantitative estimate of drug-likeness (QED) is 0.394. The number of urea groups is 1. The molecule has 2 heterocycles. The van der Waals surface area contributed by atoms with Gasteiger partial charge in [0.2, 0.25) is 11.8 Å². The number of ether oxygens (including phenoxy) is 2. The van der Waals surface area contributed by atoms with E-state index in [0.717, 1.165) is 11.1 Å². The molecular formula is C26H30N4O6. The van der Waals surface area contributed by atoms with E-state index in [1.165, 1.54) is 18.9 Å². The zero-order valence-electron chi connectivity index (χ0n) is 20.8. The third-order valence-electron chi connectivity index (χ3n) is 6.33. The van der Waals surface area contributed by atoms with Crippen LogP contribution in [0, 0.1) is 0 Å². The largest absolute Gasteiger partial charge is 0.497 e. The van der Waals surface area contributed by atoms with E-state index in [1.807, 2.05) is 48.5 Å². The van der Waals surface area contributed by atoms with Gasteiger partial charge in [-0.25, -0.2) is 14.8 Å². The number of aromatic nitrogens is 1. The Bertz CT molecular complexity index is 1150. The second kappa shape index (κ2) is 10.3. The molecule has 2 N–H and O–H groups in total. The van der Waals surface area contributed by atoms with Crippen molar-refractivity contribution in [2.24, 2.45) is 0 Å². The summed E-state index contributed by atoms with van der Waals surface area (Å²) in [6, 6.07) is 14.5.